The van der Waals surface area contributed by atoms with E-state index in [1.165, 1.54) is 0 Å². The third-order valence-corrected chi connectivity index (χ3v) is 6.03. The predicted molar refractivity (Wildman–Crippen MR) is 127 cm³/mol. The molecule has 0 radical (unpaired) electrons. The minimum absolute atomic E-state index is 0.00788. The fourth-order valence-corrected chi connectivity index (χ4v) is 4.27. The Morgan fingerprint density at radius 2 is 1.75 bits per heavy atom. The highest BCUT2D eigenvalue weighted by molar-refractivity contribution is 6.30. The molecule has 0 bridgehead atoms. The normalized spacial score (nSPS) is 15.2. The van der Waals surface area contributed by atoms with Crippen LogP contribution >= 0.6 is 11.6 Å². The number of hydrogen-bond donors (Lipinski definition) is 1. The van der Waals surface area contributed by atoms with Crippen LogP contribution in [-0.2, 0) is 4.79 Å². The first-order chi connectivity index (χ1) is 15.7. The molecule has 1 amide bonds. The Labute approximate surface area is 194 Å². The van der Waals surface area contributed by atoms with E-state index in [2.05, 4.69) is 10.3 Å². The summed E-state index contributed by atoms with van der Waals surface area (Å²) in [5, 5.41) is 4.01. The van der Waals surface area contributed by atoms with Gasteiger partial charge in [0.25, 0.3) is 0 Å². The molecule has 1 saturated heterocycles. The zero-order valence-electron chi connectivity index (χ0n) is 18.0. The lowest BCUT2D eigenvalue weighted by Crippen LogP contribution is -2.45. The van der Waals surface area contributed by atoms with Crippen molar-refractivity contribution in [2.24, 2.45) is 5.92 Å². The van der Waals surface area contributed by atoms with Gasteiger partial charge in [-0.05, 0) is 67.9 Å². The molecule has 0 aliphatic carbocycles. The van der Waals surface area contributed by atoms with Crippen molar-refractivity contribution in [1.29, 1.82) is 0 Å². The van der Waals surface area contributed by atoms with Crippen molar-refractivity contribution in [2.75, 3.05) is 26.2 Å². The van der Waals surface area contributed by atoms with E-state index in [-0.39, 0.29) is 17.9 Å². The van der Waals surface area contributed by atoms with E-state index >= 15 is 0 Å². The quantitative estimate of drug-likeness (QED) is 0.540. The highest BCUT2D eigenvalue weighted by Crippen LogP contribution is 2.31. The summed E-state index contributed by atoms with van der Waals surface area (Å²) in [6.45, 7) is 2.58. The molecule has 1 fully saturated rings. The Bertz CT molecular complexity index is 977. The number of pyridine rings is 1. The minimum Gasteiger partial charge on any atom is -0.492 e. The van der Waals surface area contributed by atoms with Crippen molar-refractivity contribution in [1.82, 2.24) is 15.2 Å². The first-order valence-corrected chi connectivity index (χ1v) is 11.5. The zero-order valence-corrected chi connectivity index (χ0v) is 18.7. The van der Waals surface area contributed by atoms with Crippen LogP contribution in [-0.4, -0.2) is 42.0 Å². The second kappa shape index (κ2) is 11.1. The summed E-state index contributed by atoms with van der Waals surface area (Å²) < 4.78 is 5.97. The number of hydrogen-bond acceptors (Lipinski definition) is 4. The number of carbonyl (C=O) groups excluding carboxylic acids is 1. The van der Waals surface area contributed by atoms with Crippen LogP contribution in [0.1, 0.15) is 30.1 Å². The second-order valence-corrected chi connectivity index (χ2v) is 8.36. The summed E-state index contributed by atoms with van der Waals surface area (Å²) in [5.74, 6) is 0.933. The molecule has 0 unspecified atom stereocenters. The Kier molecular flexibility index (Phi) is 7.75. The Morgan fingerprint density at radius 1 is 1.03 bits per heavy atom. The van der Waals surface area contributed by atoms with Crippen LogP contribution in [0.2, 0.25) is 5.02 Å². The molecule has 6 heteroatoms. The number of piperidine rings is 1. The van der Waals surface area contributed by atoms with E-state index in [4.69, 9.17) is 16.3 Å². The second-order valence-electron chi connectivity index (χ2n) is 7.93. The molecule has 3 aromatic rings. The minimum atomic E-state index is -0.310. The lowest BCUT2D eigenvalue weighted by Gasteiger charge is -2.35. The third-order valence-electron chi connectivity index (χ3n) is 5.78. The van der Waals surface area contributed by atoms with Crippen LogP contribution in [0.15, 0.2) is 79.0 Å². The van der Waals surface area contributed by atoms with E-state index in [0.717, 1.165) is 42.9 Å². The number of carbonyl (C=O) groups is 1. The summed E-state index contributed by atoms with van der Waals surface area (Å²) in [5.41, 5.74) is 1.81. The van der Waals surface area contributed by atoms with Gasteiger partial charge in [0.15, 0.2) is 0 Å². The number of ether oxygens (including phenoxy) is 1. The lowest BCUT2D eigenvalue weighted by molar-refractivity contribution is -0.138. The summed E-state index contributed by atoms with van der Waals surface area (Å²) in [7, 11) is 0. The van der Waals surface area contributed by atoms with Gasteiger partial charge in [-0.25, -0.2) is 0 Å². The molecule has 1 atom stereocenters. The number of nitrogens with one attached hydrogen (secondary N) is 1. The van der Waals surface area contributed by atoms with Gasteiger partial charge in [-0.15, -0.1) is 0 Å². The van der Waals surface area contributed by atoms with Crippen molar-refractivity contribution >= 4 is 17.5 Å². The van der Waals surface area contributed by atoms with Crippen LogP contribution in [0.3, 0.4) is 0 Å². The van der Waals surface area contributed by atoms with Crippen molar-refractivity contribution in [3.05, 3.63) is 95.3 Å². The molecule has 1 aliphatic heterocycles. The Morgan fingerprint density at radius 3 is 2.44 bits per heavy atom. The molecule has 0 spiro atoms. The first-order valence-electron chi connectivity index (χ1n) is 11.1. The van der Waals surface area contributed by atoms with Crippen molar-refractivity contribution < 1.29 is 9.53 Å². The highest BCUT2D eigenvalue weighted by Gasteiger charge is 2.33. The highest BCUT2D eigenvalue weighted by atomic mass is 35.5. The van der Waals surface area contributed by atoms with Crippen molar-refractivity contribution in [2.45, 2.75) is 18.9 Å². The van der Waals surface area contributed by atoms with Crippen LogP contribution in [0.4, 0.5) is 0 Å². The first kappa shape index (κ1) is 22.3. The number of benzene rings is 2. The molecule has 2 aromatic carbocycles. The molecule has 1 aliphatic rings. The van der Waals surface area contributed by atoms with Crippen molar-refractivity contribution in [3.8, 4) is 5.75 Å². The van der Waals surface area contributed by atoms with Gasteiger partial charge in [-0.1, -0.05) is 48.0 Å². The SMILES string of the molecule is O=C(C1CCNCC1)N(CCOc1ccccc1)[C@@H](c1ccc(Cl)cc1)c1ccccn1. The van der Waals surface area contributed by atoms with Crippen LogP contribution in [0, 0.1) is 5.92 Å². The van der Waals surface area contributed by atoms with E-state index < -0.39 is 0 Å². The van der Waals surface area contributed by atoms with E-state index in [9.17, 15) is 4.79 Å². The molecule has 5 nitrogen and oxygen atoms in total. The van der Waals surface area contributed by atoms with Crippen LogP contribution in [0.5, 0.6) is 5.75 Å². The van der Waals surface area contributed by atoms with Crippen LogP contribution in [0.25, 0.3) is 0 Å². The molecule has 32 heavy (non-hydrogen) atoms. The third kappa shape index (κ3) is 5.67. The van der Waals surface area contributed by atoms with Gasteiger partial charge in [-0.2, -0.15) is 0 Å². The Balaban J connectivity index is 1.64. The molecule has 0 saturated carbocycles. The fraction of sp³-hybridized carbons (Fsp3) is 0.308. The maximum atomic E-state index is 13.8. The molecular weight excluding hydrogens is 422 g/mol. The average molecular weight is 450 g/mol. The number of halogens is 1. The van der Waals surface area contributed by atoms with Gasteiger partial charge in [0, 0.05) is 17.1 Å². The molecular formula is C26H28ClN3O2. The maximum absolute atomic E-state index is 13.8. The van der Waals surface area contributed by atoms with Gasteiger partial charge < -0.3 is 15.0 Å². The number of para-hydroxylation sites is 1. The molecule has 4 rings (SSSR count). The van der Waals surface area contributed by atoms with E-state index in [1.807, 2.05) is 77.7 Å². The number of amides is 1. The molecule has 1 aromatic heterocycles. The van der Waals surface area contributed by atoms with Gasteiger partial charge in [0.1, 0.15) is 12.4 Å². The topological polar surface area (TPSA) is 54.5 Å². The lowest BCUT2D eigenvalue weighted by atomic mass is 9.93. The summed E-state index contributed by atoms with van der Waals surface area (Å²) in [4.78, 5) is 20.3. The van der Waals surface area contributed by atoms with Crippen molar-refractivity contribution in [3.63, 3.8) is 0 Å². The zero-order chi connectivity index (χ0) is 22.2. The summed E-state index contributed by atoms with van der Waals surface area (Å²) in [6, 6.07) is 22.9. The van der Waals surface area contributed by atoms with E-state index in [0.29, 0.717) is 18.2 Å². The van der Waals surface area contributed by atoms with Gasteiger partial charge in [0.2, 0.25) is 5.91 Å². The van der Waals surface area contributed by atoms with E-state index in [1.54, 1.807) is 6.20 Å². The Hall–Kier alpha value is -2.89. The molecule has 2 heterocycles. The predicted octanol–water partition coefficient (Wildman–Crippen LogP) is 4.73. The van der Waals surface area contributed by atoms with Gasteiger partial charge in [0.05, 0.1) is 18.3 Å². The largest absolute Gasteiger partial charge is 0.492 e. The number of nitrogens with zero attached hydrogens (tertiary/aromatic N) is 2. The number of rotatable bonds is 8. The fourth-order valence-electron chi connectivity index (χ4n) is 4.14. The maximum Gasteiger partial charge on any atom is 0.226 e. The van der Waals surface area contributed by atoms with Crippen LogP contribution < -0.4 is 10.1 Å². The van der Waals surface area contributed by atoms with Gasteiger partial charge >= 0.3 is 0 Å². The van der Waals surface area contributed by atoms with Gasteiger partial charge in [-0.3, -0.25) is 9.78 Å². The standard InChI is InChI=1S/C26H28ClN3O2/c27-22-11-9-20(10-12-22)25(24-8-4-5-15-29-24)30(26(31)21-13-16-28-17-14-21)18-19-32-23-6-2-1-3-7-23/h1-12,15,21,25,28H,13-14,16-19H2/t25-/m0/s1. The summed E-state index contributed by atoms with van der Waals surface area (Å²) in [6.07, 6.45) is 3.45. The number of aromatic nitrogens is 1. The summed E-state index contributed by atoms with van der Waals surface area (Å²) >= 11 is 6.15. The molecule has 1 N–H and O–H groups in total. The average Bonchev–Trinajstić information content (AvgIpc) is 2.86. The monoisotopic (exact) mass is 449 g/mol. The smallest absolute Gasteiger partial charge is 0.226 e. The molecule has 166 valence electrons.